The minimum Gasteiger partial charge on any atom is -0.350 e. The standard InChI is InChI=1S/C28H35N3O4S/c1-6-25(27(33)29-28(2,3)4)31(19-21-12-8-7-9-13-21)26(32)20-30(5)36(34,35)24-17-16-22-14-10-11-15-23(22)18-24/h7-18,25H,6,19-20H2,1-5H3,(H,29,33). The molecule has 0 bridgehead atoms. The Morgan fingerprint density at radius 3 is 2.14 bits per heavy atom. The fraction of sp³-hybridized carbons (Fsp3) is 0.357. The minimum atomic E-state index is -3.93. The highest BCUT2D eigenvalue weighted by Crippen LogP contribution is 2.22. The maximum absolute atomic E-state index is 13.6. The van der Waals surface area contributed by atoms with Crippen molar-refractivity contribution in [1.29, 1.82) is 0 Å². The van der Waals surface area contributed by atoms with E-state index in [0.717, 1.165) is 20.6 Å². The fourth-order valence-corrected chi connectivity index (χ4v) is 5.18. The Balaban J connectivity index is 1.88. The lowest BCUT2D eigenvalue weighted by atomic mass is 10.1. The average molecular weight is 510 g/mol. The second-order valence-corrected chi connectivity index (χ2v) is 12.0. The number of fused-ring (bicyclic) bond motifs is 1. The number of benzene rings is 3. The molecule has 2 amide bonds. The molecule has 0 aliphatic rings. The quantitative estimate of drug-likeness (QED) is 0.469. The van der Waals surface area contributed by atoms with Crippen LogP contribution in [-0.2, 0) is 26.2 Å². The van der Waals surface area contributed by atoms with Crippen LogP contribution >= 0.6 is 0 Å². The molecule has 0 radical (unpaired) electrons. The lowest BCUT2D eigenvalue weighted by molar-refractivity contribution is -0.142. The summed E-state index contributed by atoms with van der Waals surface area (Å²) in [5, 5.41) is 4.68. The van der Waals surface area contributed by atoms with Crippen LogP contribution in [0.4, 0.5) is 0 Å². The molecule has 1 N–H and O–H groups in total. The van der Waals surface area contributed by atoms with Gasteiger partial charge >= 0.3 is 0 Å². The number of sulfonamides is 1. The maximum Gasteiger partial charge on any atom is 0.243 e. The van der Waals surface area contributed by atoms with Crippen molar-refractivity contribution < 1.29 is 18.0 Å². The predicted molar refractivity (Wildman–Crippen MR) is 143 cm³/mol. The van der Waals surface area contributed by atoms with Crippen LogP contribution in [0.2, 0.25) is 0 Å². The summed E-state index contributed by atoms with van der Waals surface area (Å²) in [6.07, 6.45) is 0.391. The molecule has 1 unspecified atom stereocenters. The average Bonchev–Trinajstić information content (AvgIpc) is 2.83. The van der Waals surface area contributed by atoms with E-state index in [1.54, 1.807) is 18.2 Å². The second kappa shape index (κ2) is 11.2. The summed E-state index contributed by atoms with van der Waals surface area (Å²) >= 11 is 0. The zero-order chi connectivity index (χ0) is 26.5. The summed E-state index contributed by atoms with van der Waals surface area (Å²) in [6, 6.07) is 21.0. The lowest BCUT2D eigenvalue weighted by Gasteiger charge is -2.34. The molecular weight excluding hydrogens is 474 g/mol. The molecule has 3 aromatic carbocycles. The van der Waals surface area contributed by atoms with Crippen LogP contribution in [0.15, 0.2) is 77.7 Å². The van der Waals surface area contributed by atoms with Crippen molar-refractivity contribution in [3.8, 4) is 0 Å². The van der Waals surface area contributed by atoms with E-state index in [-0.39, 0.29) is 23.9 Å². The third kappa shape index (κ3) is 6.71. The normalized spacial score (nSPS) is 12.9. The Morgan fingerprint density at radius 2 is 1.53 bits per heavy atom. The molecule has 3 rings (SSSR count). The first-order chi connectivity index (χ1) is 16.9. The number of nitrogens with one attached hydrogen (secondary N) is 1. The van der Waals surface area contributed by atoms with E-state index in [1.807, 2.05) is 82.3 Å². The molecular formula is C28H35N3O4S. The molecule has 36 heavy (non-hydrogen) atoms. The van der Waals surface area contributed by atoms with Gasteiger partial charge in [-0.25, -0.2) is 8.42 Å². The zero-order valence-electron chi connectivity index (χ0n) is 21.6. The molecule has 0 heterocycles. The Hall–Kier alpha value is -3.23. The molecule has 0 fully saturated rings. The zero-order valence-corrected chi connectivity index (χ0v) is 22.4. The van der Waals surface area contributed by atoms with Crippen LogP contribution in [0, 0.1) is 0 Å². The smallest absolute Gasteiger partial charge is 0.243 e. The van der Waals surface area contributed by atoms with Gasteiger partial charge in [0.15, 0.2) is 0 Å². The van der Waals surface area contributed by atoms with E-state index < -0.39 is 27.5 Å². The summed E-state index contributed by atoms with van der Waals surface area (Å²) in [6.45, 7) is 7.29. The maximum atomic E-state index is 13.6. The van der Waals surface area contributed by atoms with Crippen molar-refractivity contribution in [2.24, 2.45) is 0 Å². The lowest BCUT2D eigenvalue weighted by Crippen LogP contribution is -2.55. The van der Waals surface area contributed by atoms with Gasteiger partial charge in [0, 0.05) is 19.1 Å². The summed E-state index contributed by atoms with van der Waals surface area (Å²) in [7, 11) is -2.54. The van der Waals surface area contributed by atoms with Gasteiger partial charge in [0.05, 0.1) is 11.4 Å². The number of hydrogen-bond donors (Lipinski definition) is 1. The van der Waals surface area contributed by atoms with Gasteiger partial charge in [0.1, 0.15) is 6.04 Å². The van der Waals surface area contributed by atoms with Gasteiger partial charge in [-0.2, -0.15) is 4.31 Å². The Bertz CT molecular complexity index is 1320. The van der Waals surface area contributed by atoms with E-state index in [0.29, 0.717) is 6.42 Å². The summed E-state index contributed by atoms with van der Waals surface area (Å²) in [5.74, 6) is -0.712. The first-order valence-corrected chi connectivity index (χ1v) is 13.5. The third-order valence-electron chi connectivity index (χ3n) is 5.87. The molecule has 0 aliphatic heterocycles. The van der Waals surface area contributed by atoms with Gasteiger partial charge in [-0.3, -0.25) is 9.59 Å². The molecule has 192 valence electrons. The number of amides is 2. The Labute approximate surface area is 214 Å². The number of rotatable bonds is 9. The predicted octanol–water partition coefficient (Wildman–Crippen LogP) is 4.18. The first-order valence-electron chi connectivity index (χ1n) is 12.0. The molecule has 0 aliphatic carbocycles. The number of hydrogen-bond acceptors (Lipinski definition) is 4. The van der Waals surface area contributed by atoms with Crippen molar-refractivity contribution >= 4 is 32.6 Å². The van der Waals surface area contributed by atoms with E-state index in [2.05, 4.69) is 5.32 Å². The van der Waals surface area contributed by atoms with E-state index in [4.69, 9.17) is 0 Å². The second-order valence-electron chi connectivity index (χ2n) is 9.94. The van der Waals surface area contributed by atoms with Gasteiger partial charge in [-0.1, -0.05) is 67.6 Å². The number of carbonyl (C=O) groups excluding carboxylic acids is 2. The molecule has 0 saturated carbocycles. The van der Waals surface area contributed by atoms with E-state index >= 15 is 0 Å². The highest BCUT2D eigenvalue weighted by atomic mass is 32.2. The highest BCUT2D eigenvalue weighted by molar-refractivity contribution is 7.89. The Kier molecular flexibility index (Phi) is 8.53. The molecule has 0 spiro atoms. The molecule has 0 saturated heterocycles. The van der Waals surface area contributed by atoms with E-state index in [9.17, 15) is 18.0 Å². The van der Waals surface area contributed by atoms with Gasteiger partial charge < -0.3 is 10.2 Å². The highest BCUT2D eigenvalue weighted by Gasteiger charge is 2.33. The van der Waals surface area contributed by atoms with Crippen LogP contribution in [0.25, 0.3) is 10.8 Å². The molecule has 1 atom stereocenters. The summed E-state index contributed by atoms with van der Waals surface area (Å²) in [4.78, 5) is 28.3. The number of carbonyl (C=O) groups is 2. The minimum absolute atomic E-state index is 0.114. The Morgan fingerprint density at radius 1 is 0.917 bits per heavy atom. The largest absolute Gasteiger partial charge is 0.350 e. The van der Waals surface area contributed by atoms with Gasteiger partial charge in [-0.05, 0) is 55.7 Å². The number of nitrogens with zero attached hydrogens (tertiary/aromatic N) is 2. The van der Waals surface area contributed by atoms with Gasteiger partial charge in [0.25, 0.3) is 0 Å². The SMILES string of the molecule is CCC(C(=O)NC(C)(C)C)N(Cc1ccccc1)C(=O)CN(C)S(=O)(=O)c1ccc2ccccc2c1. The number of likely N-dealkylation sites (N-methyl/N-ethyl adjacent to an activating group) is 1. The fourth-order valence-electron chi connectivity index (χ4n) is 4.03. The molecule has 7 nitrogen and oxygen atoms in total. The van der Waals surface area contributed by atoms with Crippen molar-refractivity contribution in [1.82, 2.24) is 14.5 Å². The first kappa shape index (κ1) is 27.4. The van der Waals surface area contributed by atoms with Crippen molar-refractivity contribution in [2.45, 2.75) is 57.1 Å². The molecule has 0 aromatic heterocycles. The molecule has 3 aromatic rings. The van der Waals surface area contributed by atoms with Gasteiger partial charge in [0.2, 0.25) is 21.8 Å². The van der Waals surface area contributed by atoms with Gasteiger partial charge in [-0.15, -0.1) is 0 Å². The van der Waals surface area contributed by atoms with Crippen LogP contribution in [0.1, 0.15) is 39.7 Å². The molecule has 8 heteroatoms. The summed E-state index contributed by atoms with van der Waals surface area (Å²) in [5.41, 5.74) is 0.384. The van der Waals surface area contributed by atoms with Crippen molar-refractivity contribution in [3.05, 3.63) is 78.4 Å². The van der Waals surface area contributed by atoms with Crippen LogP contribution < -0.4 is 5.32 Å². The van der Waals surface area contributed by atoms with Crippen molar-refractivity contribution in [2.75, 3.05) is 13.6 Å². The van der Waals surface area contributed by atoms with Crippen molar-refractivity contribution in [3.63, 3.8) is 0 Å². The summed E-state index contributed by atoms with van der Waals surface area (Å²) < 4.78 is 27.7. The van der Waals surface area contributed by atoms with Crippen LogP contribution in [0.5, 0.6) is 0 Å². The third-order valence-corrected chi connectivity index (χ3v) is 7.67. The topological polar surface area (TPSA) is 86.8 Å². The van der Waals surface area contributed by atoms with Crippen LogP contribution in [0.3, 0.4) is 0 Å². The monoisotopic (exact) mass is 509 g/mol. The van der Waals surface area contributed by atoms with Crippen LogP contribution in [-0.4, -0.2) is 54.6 Å². The van der Waals surface area contributed by atoms with E-state index in [1.165, 1.54) is 11.9 Å².